The van der Waals surface area contributed by atoms with Gasteiger partial charge < -0.3 is 23.7 Å². The normalized spacial score (nSPS) is 15.3. The Labute approximate surface area is 298 Å². The SMILES string of the molecule is CCCCCCCCn1c(C)c(C2(c3ccc(N(CC)CC)cc3OCCOc3ccc(C)cc3)OC(=O)c3ccccc32)c2ccccc21. The molecular weight excluding hydrogens is 620 g/mol. The number of anilines is 1. The lowest BCUT2D eigenvalue weighted by Crippen LogP contribution is -2.32. The first kappa shape index (κ1) is 35.1. The number of aromatic nitrogens is 1. The second kappa shape index (κ2) is 15.9. The number of aryl methyl sites for hydroxylation is 2. The number of nitrogens with zero attached hydrogens (tertiary/aromatic N) is 2. The smallest absolute Gasteiger partial charge is 0.340 e. The molecule has 1 unspecified atom stereocenters. The maximum absolute atomic E-state index is 13.9. The number of hydrogen-bond donors (Lipinski definition) is 0. The quantitative estimate of drug-likeness (QED) is 0.0727. The van der Waals surface area contributed by atoms with Crippen molar-refractivity contribution in [3.63, 3.8) is 0 Å². The molecule has 50 heavy (non-hydrogen) atoms. The number of carbonyl (C=O) groups is 1. The Bertz CT molecular complexity index is 1910. The Morgan fingerprint density at radius 3 is 2.22 bits per heavy atom. The molecule has 6 nitrogen and oxygen atoms in total. The summed E-state index contributed by atoms with van der Waals surface area (Å²) >= 11 is 0. The van der Waals surface area contributed by atoms with Gasteiger partial charge in [-0.1, -0.05) is 93.1 Å². The van der Waals surface area contributed by atoms with Gasteiger partial charge >= 0.3 is 5.97 Å². The number of hydrogen-bond acceptors (Lipinski definition) is 5. The molecule has 1 aliphatic rings. The number of unbranched alkanes of at least 4 members (excludes halogenated alkanes) is 5. The van der Waals surface area contributed by atoms with Crippen molar-refractivity contribution in [2.24, 2.45) is 0 Å². The van der Waals surface area contributed by atoms with Crippen LogP contribution in [0.15, 0.2) is 91.0 Å². The molecule has 0 saturated heterocycles. The van der Waals surface area contributed by atoms with Crippen LogP contribution in [0.1, 0.15) is 97.6 Å². The molecule has 0 amide bonds. The Hall–Kier alpha value is -4.71. The van der Waals surface area contributed by atoms with E-state index in [4.69, 9.17) is 14.2 Å². The second-order valence-corrected chi connectivity index (χ2v) is 13.4. The van der Waals surface area contributed by atoms with E-state index in [1.54, 1.807) is 0 Å². The largest absolute Gasteiger partial charge is 0.490 e. The summed E-state index contributed by atoms with van der Waals surface area (Å²) in [5.74, 6) is 1.16. The zero-order valence-corrected chi connectivity index (χ0v) is 30.5. The fourth-order valence-corrected chi connectivity index (χ4v) is 7.60. The number of carbonyl (C=O) groups excluding carboxylic acids is 1. The standard InChI is InChI=1S/C44H52N2O4/c1-6-9-10-11-12-17-28-46-33(5)42(37-19-14-16-21-40(37)46)44(38-20-15-13-18-36(38)43(47)50-44)39-27-24-34(45(7-2)8-3)31-41(39)49-30-29-48-35-25-22-32(4)23-26-35/h13-16,18-27,31H,6-12,17,28-30H2,1-5H3. The lowest BCUT2D eigenvalue weighted by molar-refractivity contribution is 0.0244. The fraction of sp³-hybridized carbons (Fsp3) is 0.386. The van der Waals surface area contributed by atoms with Crippen LogP contribution in [0.25, 0.3) is 10.9 Å². The lowest BCUT2D eigenvalue weighted by Gasteiger charge is -2.33. The van der Waals surface area contributed by atoms with Crippen molar-refractivity contribution in [2.75, 3.05) is 31.2 Å². The Morgan fingerprint density at radius 1 is 0.740 bits per heavy atom. The lowest BCUT2D eigenvalue weighted by atomic mass is 9.78. The molecule has 0 N–H and O–H groups in total. The average molecular weight is 673 g/mol. The molecule has 0 saturated carbocycles. The maximum atomic E-state index is 13.9. The maximum Gasteiger partial charge on any atom is 0.340 e. The molecule has 0 bridgehead atoms. The van der Waals surface area contributed by atoms with E-state index in [-0.39, 0.29) is 5.97 Å². The van der Waals surface area contributed by atoms with Gasteiger partial charge in [0, 0.05) is 64.7 Å². The molecule has 0 fully saturated rings. The average Bonchev–Trinajstić information content (AvgIpc) is 3.59. The summed E-state index contributed by atoms with van der Waals surface area (Å²) in [6.07, 6.45) is 7.36. The number of para-hydroxylation sites is 1. The highest BCUT2D eigenvalue weighted by Gasteiger charge is 2.52. The molecule has 1 aromatic heterocycles. The van der Waals surface area contributed by atoms with Gasteiger partial charge in [0.25, 0.3) is 0 Å². The third-order valence-corrected chi connectivity index (χ3v) is 10.2. The van der Waals surface area contributed by atoms with Gasteiger partial charge in [-0.05, 0) is 70.5 Å². The van der Waals surface area contributed by atoms with Crippen LogP contribution in [-0.2, 0) is 16.9 Å². The molecule has 6 heteroatoms. The van der Waals surface area contributed by atoms with Crippen molar-refractivity contribution >= 4 is 22.6 Å². The number of ether oxygens (including phenoxy) is 3. The van der Waals surface area contributed by atoms with Crippen molar-refractivity contribution in [3.05, 3.63) is 125 Å². The fourth-order valence-electron chi connectivity index (χ4n) is 7.60. The van der Waals surface area contributed by atoms with Gasteiger partial charge in [0.15, 0.2) is 5.60 Å². The van der Waals surface area contributed by atoms with E-state index in [1.807, 2.05) is 48.5 Å². The highest BCUT2D eigenvalue weighted by molar-refractivity contribution is 5.99. The van der Waals surface area contributed by atoms with Gasteiger partial charge in [-0.2, -0.15) is 0 Å². The third kappa shape index (κ3) is 6.85. The molecule has 2 heterocycles. The third-order valence-electron chi connectivity index (χ3n) is 10.2. The monoisotopic (exact) mass is 672 g/mol. The minimum absolute atomic E-state index is 0.325. The molecule has 6 rings (SSSR count). The van der Waals surface area contributed by atoms with E-state index in [0.717, 1.165) is 70.8 Å². The van der Waals surface area contributed by atoms with Crippen LogP contribution in [0.5, 0.6) is 11.5 Å². The molecule has 262 valence electrons. The Kier molecular flexibility index (Phi) is 11.2. The van der Waals surface area contributed by atoms with Crippen molar-refractivity contribution in [1.82, 2.24) is 4.57 Å². The summed E-state index contributed by atoms with van der Waals surface area (Å²) in [6, 6.07) is 30.8. The first-order valence-electron chi connectivity index (χ1n) is 18.6. The van der Waals surface area contributed by atoms with Crippen molar-refractivity contribution in [3.8, 4) is 11.5 Å². The summed E-state index contributed by atoms with van der Waals surface area (Å²) in [5.41, 5.74) is 6.52. The highest BCUT2D eigenvalue weighted by Crippen LogP contribution is 2.53. The first-order chi connectivity index (χ1) is 24.4. The Balaban J connectivity index is 1.47. The van der Waals surface area contributed by atoms with E-state index < -0.39 is 5.60 Å². The van der Waals surface area contributed by atoms with E-state index in [9.17, 15) is 4.79 Å². The van der Waals surface area contributed by atoms with E-state index in [2.05, 4.69) is 86.6 Å². The highest BCUT2D eigenvalue weighted by atomic mass is 16.6. The van der Waals surface area contributed by atoms with Crippen LogP contribution >= 0.6 is 0 Å². The van der Waals surface area contributed by atoms with E-state index in [1.165, 1.54) is 37.7 Å². The molecule has 5 aromatic rings. The van der Waals surface area contributed by atoms with Crippen molar-refractivity contribution in [1.29, 1.82) is 0 Å². The molecule has 1 atom stereocenters. The van der Waals surface area contributed by atoms with Crippen molar-refractivity contribution in [2.45, 2.75) is 85.3 Å². The van der Waals surface area contributed by atoms with Gasteiger partial charge in [-0.15, -0.1) is 0 Å². The zero-order chi connectivity index (χ0) is 35.1. The number of esters is 1. The minimum atomic E-state index is -1.21. The van der Waals surface area contributed by atoms with Crippen LogP contribution in [0.3, 0.4) is 0 Å². The topological polar surface area (TPSA) is 52.9 Å². The second-order valence-electron chi connectivity index (χ2n) is 13.4. The minimum Gasteiger partial charge on any atom is -0.490 e. The number of fused-ring (bicyclic) bond motifs is 2. The first-order valence-corrected chi connectivity index (χ1v) is 18.6. The van der Waals surface area contributed by atoms with Crippen LogP contribution < -0.4 is 14.4 Å². The zero-order valence-electron chi connectivity index (χ0n) is 30.5. The molecule has 1 aliphatic heterocycles. The van der Waals surface area contributed by atoms with Gasteiger partial charge in [0.1, 0.15) is 24.7 Å². The number of cyclic esters (lactones) is 1. The summed E-state index contributed by atoms with van der Waals surface area (Å²) in [7, 11) is 0. The predicted octanol–water partition coefficient (Wildman–Crippen LogP) is 10.4. The summed E-state index contributed by atoms with van der Waals surface area (Å²) in [6.45, 7) is 14.2. The number of benzene rings is 4. The van der Waals surface area contributed by atoms with Crippen LogP contribution in [0, 0.1) is 13.8 Å². The predicted molar refractivity (Wildman–Crippen MR) is 204 cm³/mol. The van der Waals surface area contributed by atoms with Gasteiger partial charge in [0.05, 0.1) is 5.56 Å². The molecule has 4 aromatic carbocycles. The summed E-state index contributed by atoms with van der Waals surface area (Å²) in [4.78, 5) is 16.2. The van der Waals surface area contributed by atoms with Crippen LogP contribution in [0.4, 0.5) is 5.69 Å². The molecule has 0 aliphatic carbocycles. The van der Waals surface area contributed by atoms with E-state index in [0.29, 0.717) is 24.5 Å². The van der Waals surface area contributed by atoms with E-state index >= 15 is 0 Å². The molecule has 0 radical (unpaired) electrons. The van der Waals surface area contributed by atoms with Gasteiger partial charge in [-0.25, -0.2) is 4.79 Å². The van der Waals surface area contributed by atoms with Crippen LogP contribution in [0.2, 0.25) is 0 Å². The summed E-state index contributed by atoms with van der Waals surface area (Å²) in [5, 5.41) is 1.09. The van der Waals surface area contributed by atoms with Gasteiger partial charge in [-0.3, -0.25) is 0 Å². The van der Waals surface area contributed by atoms with Crippen LogP contribution in [-0.4, -0.2) is 36.8 Å². The van der Waals surface area contributed by atoms with Gasteiger partial charge in [0.2, 0.25) is 0 Å². The summed E-state index contributed by atoms with van der Waals surface area (Å²) < 4.78 is 22.0. The molecular formula is C44H52N2O4. The number of rotatable bonds is 17. The molecule has 0 spiro atoms. The Morgan fingerprint density at radius 2 is 1.44 bits per heavy atom. The van der Waals surface area contributed by atoms with Crippen molar-refractivity contribution < 1.29 is 19.0 Å².